The highest BCUT2D eigenvalue weighted by Crippen LogP contribution is 2.34. The summed E-state index contributed by atoms with van der Waals surface area (Å²) in [6, 6.07) is 0. The summed E-state index contributed by atoms with van der Waals surface area (Å²) in [6.45, 7) is 6.47. The van der Waals surface area contributed by atoms with Crippen molar-refractivity contribution < 1.29 is 14.2 Å². The van der Waals surface area contributed by atoms with Crippen LogP contribution in [0.1, 0.15) is 27.2 Å². The van der Waals surface area contributed by atoms with Gasteiger partial charge in [0, 0.05) is 20.1 Å². The lowest BCUT2D eigenvalue weighted by molar-refractivity contribution is -0.153. The van der Waals surface area contributed by atoms with Gasteiger partial charge in [0.15, 0.2) is 6.29 Å². The molecule has 0 aliphatic carbocycles. The first-order valence-corrected chi connectivity index (χ1v) is 5.31. The van der Waals surface area contributed by atoms with E-state index in [1.165, 1.54) is 0 Å². The lowest BCUT2D eigenvalue weighted by atomic mass is 9.91. The van der Waals surface area contributed by atoms with Gasteiger partial charge in [-0.1, -0.05) is 13.8 Å². The number of ether oxygens (including phenoxy) is 3. The Labute approximate surface area is 86.7 Å². The van der Waals surface area contributed by atoms with Crippen molar-refractivity contribution in [2.24, 2.45) is 11.8 Å². The van der Waals surface area contributed by atoms with E-state index in [4.69, 9.17) is 14.2 Å². The van der Waals surface area contributed by atoms with Crippen LogP contribution in [0.15, 0.2) is 0 Å². The maximum atomic E-state index is 5.86. The van der Waals surface area contributed by atoms with Gasteiger partial charge in [0.25, 0.3) is 0 Å². The Balaban J connectivity index is 2.64. The first-order valence-electron chi connectivity index (χ1n) is 5.31. The Kier molecular flexibility index (Phi) is 4.35. The third kappa shape index (κ3) is 2.47. The smallest absolute Gasteiger partial charge is 0.162 e. The second-order valence-corrected chi connectivity index (χ2v) is 4.39. The van der Waals surface area contributed by atoms with E-state index in [1.54, 1.807) is 14.2 Å². The fraction of sp³-hybridized carbons (Fsp3) is 1.00. The van der Waals surface area contributed by atoms with E-state index in [9.17, 15) is 0 Å². The largest absolute Gasteiger partial charge is 0.375 e. The normalized spacial score (nSPS) is 33.2. The molecular formula is C11H22O3. The van der Waals surface area contributed by atoms with Crippen LogP contribution in [0, 0.1) is 11.8 Å². The molecule has 1 aliphatic rings. The van der Waals surface area contributed by atoms with Gasteiger partial charge < -0.3 is 14.2 Å². The molecule has 1 heterocycles. The molecule has 1 aliphatic heterocycles. The van der Waals surface area contributed by atoms with Gasteiger partial charge in [-0.25, -0.2) is 0 Å². The minimum absolute atomic E-state index is 0.132. The first-order chi connectivity index (χ1) is 6.60. The lowest BCUT2D eigenvalue weighted by Crippen LogP contribution is -2.34. The van der Waals surface area contributed by atoms with Gasteiger partial charge in [-0.05, 0) is 19.3 Å². The van der Waals surface area contributed by atoms with E-state index >= 15 is 0 Å². The topological polar surface area (TPSA) is 27.7 Å². The van der Waals surface area contributed by atoms with E-state index in [1.807, 2.05) is 0 Å². The van der Waals surface area contributed by atoms with Gasteiger partial charge in [-0.3, -0.25) is 0 Å². The summed E-state index contributed by atoms with van der Waals surface area (Å²) < 4.78 is 16.5. The van der Waals surface area contributed by atoms with Crippen molar-refractivity contribution in [3.8, 4) is 0 Å². The Morgan fingerprint density at radius 1 is 1.21 bits per heavy atom. The molecule has 0 amide bonds. The number of hydrogen-bond acceptors (Lipinski definition) is 3. The molecule has 0 spiro atoms. The number of methoxy groups -OCH3 is 2. The van der Waals surface area contributed by atoms with Gasteiger partial charge in [-0.2, -0.15) is 0 Å². The van der Waals surface area contributed by atoms with Crippen LogP contribution >= 0.6 is 0 Å². The van der Waals surface area contributed by atoms with Crippen LogP contribution in [-0.2, 0) is 14.2 Å². The number of rotatable bonds is 4. The van der Waals surface area contributed by atoms with Crippen molar-refractivity contribution in [2.45, 2.75) is 45.7 Å². The Morgan fingerprint density at radius 2 is 1.79 bits per heavy atom. The minimum atomic E-state index is -0.132. The van der Waals surface area contributed by atoms with E-state index in [0.717, 1.165) is 6.42 Å². The van der Waals surface area contributed by atoms with Crippen LogP contribution in [0.2, 0.25) is 0 Å². The molecule has 0 aromatic rings. The zero-order valence-corrected chi connectivity index (χ0v) is 9.82. The average molecular weight is 202 g/mol. The molecule has 0 saturated carbocycles. The number of hydrogen-bond donors (Lipinski definition) is 0. The standard InChI is InChI=1S/C11H22O3/c1-7(2)10-9(6-8(3)14-10)11(12-4)13-5/h7-11H,6H2,1-5H3/t8-,9+,10+/m1/s1. The van der Waals surface area contributed by atoms with Gasteiger partial charge in [-0.15, -0.1) is 0 Å². The van der Waals surface area contributed by atoms with Gasteiger partial charge in [0.2, 0.25) is 0 Å². The third-order valence-electron chi connectivity index (χ3n) is 2.89. The van der Waals surface area contributed by atoms with E-state index < -0.39 is 0 Å². The molecule has 84 valence electrons. The van der Waals surface area contributed by atoms with Crippen molar-refractivity contribution in [1.29, 1.82) is 0 Å². The Bertz CT molecular complexity index is 166. The molecule has 0 bridgehead atoms. The van der Waals surface area contributed by atoms with Crippen LogP contribution < -0.4 is 0 Å². The fourth-order valence-electron chi connectivity index (χ4n) is 2.31. The predicted molar refractivity (Wildman–Crippen MR) is 55.1 cm³/mol. The second-order valence-electron chi connectivity index (χ2n) is 4.39. The fourth-order valence-corrected chi connectivity index (χ4v) is 2.31. The molecule has 0 N–H and O–H groups in total. The lowest BCUT2D eigenvalue weighted by Gasteiger charge is -2.27. The summed E-state index contributed by atoms with van der Waals surface area (Å²) in [5.74, 6) is 0.873. The Morgan fingerprint density at radius 3 is 2.21 bits per heavy atom. The molecule has 0 unspecified atom stereocenters. The summed E-state index contributed by atoms with van der Waals surface area (Å²) in [5, 5.41) is 0. The molecule has 0 radical (unpaired) electrons. The summed E-state index contributed by atoms with van der Waals surface area (Å²) >= 11 is 0. The van der Waals surface area contributed by atoms with Crippen LogP contribution in [0.3, 0.4) is 0 Å². The highest BCUT2D eigenvalue weighted by atomic mass is 16.7. The molecule has 0 aromatic heterocycles. The highest BCUT2D eigenvalue weighted by molar-refractivity contribution is 4.84. The van der Waals surface area contributed by atoms with Crippen LogP contribution in [0.5, 0.6) is 0 Å². The molecule has 1 fully saturated rings. The zero-order chi connectivity index (χ0) is 10.7. The van der Waals surface area contributed by atoms with Gasteiger partial charge >= 0.3 is 0 Å². The highest BCUT2D eigenvalue weighted by Gasteiger charge is 2.40. The minimum Gasteiger partial charge on any atom is -0.375 e. The molecule has 1 rings (SSSR count). The quantitative estimate of drug-likeness (QED) is 0.653. The van der Waals surface area contributed by atoms with Crippen molar-refractivity contribution in [3.05, 3.63) is 0 Å². The average Bonchev–Trinajstić information content (AvgIpc) is 2.50. The van der Waals surface area contributed by atoms with Crippen molar-refractivity contribution in [2.75, 3.05) is 14.2 Å². The van der Waals surface area contributed by atoms with Crippen LogP contribution in [-0.4, -0.2) is 32.7 Å². The molecule has 3 nitrogen and oxygen atoms in total. The first kappa shape index (κ1) is 12.0. The van der Waals surface area contributed by atoms with Crippen molar-refractivity contribution in [3.63, 3.8) is 0 Å². The molecule has 14 heavy (non-hydrogen) atoms. The van der Waals surface area contributed by atoms with E-state index in [-0.39, 0.29) is 12.4 Å². The SMILES string of the molecule is COC(OC)[C@H]1C[C@@H](C)O[C@H]1C(C)C. The predicted octanol–water partition coefficient (Wildman–Crippen LogP) is 2.05. The summed E-state index contributed by atoms with van der Waals surface area (Å²) in [7, 11) is 3.38. The molecule has 0 aromatic carbocycles. The summed E-state index contributed by atoms with van der Waals surface area (Å²) in [4.78, 5) is 0. The molecular weight excluding hydrogens is 180 g/mol. The Hall–Kier alpha value is -0.120. The zero-order valence-electron chi connectivity index (χ0n) is 9.82. The van der Waals surface area contributed by atoms with Gasteiger partial charge in [0.05, 0.1) is 12.2 Å². The molecule has 3 heteroatoms. The maximum Gasteiger partial charge on any atom is 0.162 e. The maximum absolute atomic E-state index is 5.86. The molecule has 1 saturated heterocycles. The summed E-state index contributed by atoms with van der Waals surface area (Å²) in [6.07, 6.45) is 1.47. The summed E-state index contributed by atoms with van der Waals surface area (Å²) in [5.41, 5.74) is 0. The van der Waals surface area contributed by atoms with Crippen molar-refractivity contribution >= 4 is 0 Å². The van der Waals surface area contributed by atoms with Crippen molar-refractivity contribution in [1.82, 2.24) is 0 Å². The van der Waals surface area contributed by atoms with E-state index in [0.29, 0.717) is 17.9 Å². The van der Waals surface area contributed by atoms with Crippen LogP contribution in [0.4, 0.5) is 0 Å². The second kappa shape index (κ2) is 5.10. The molecule has 3 atom stereocenters. The van der Waals surface area contributed by atoms with Gasteiger partial charge in [0.1, 0.15) is 0 Å². The van der Waals surface area contributed by atoms with Crippen LogP contribution in [0.25, 0.3) is 0 Å². The third-order valence-corrected chi connectivity index (χ3v) is 2.89. The van der Waals surface area contributed by atoms with E-state index in [2.05, 4.69) is 20.8 Å². The monoisotopic (exact) mass is 202 g/mol.